The monoisotopic (exact) mass is 284 g/mol. The molecule has 0 saturated carbocycles. The Hall–Kier alpha value is -2.19. The number of nitriles is 1. The molecule has 0 amide bonds. The van der Waals surface area contributed by atoms with Gasteiger partial charge in [-0.1, -0.05) is 12.5 Å². The summed E-state index contributed by atoms with van der Waals surface area (Å²) in [6.45, 7) is 1.52. The summed E-state index contributed by atoms with van der Waals surface area (Å²) in [4.78, 5) is 2.29. The van der Waals surface area contributed by atoms with Crippen molar-refractivity contribution in [3.05, 3.63) is 53.1 Å². The molecule has 1 aliphatic heterocycles. The predicted octanol–water partition coefficient (Wildman–Crippen LogP) is 3.15. The Morgan fingerprint density at radius 3 is 3.05 bits per heavy atom. The van der Waals surface area contributed by atoms with Crippen molar-refractivity contribution in [3.8, 4) is 6.07 Å². The number of hydrogen-bond donors (Lipinski definition) is 1. The smallest absolute Gasteiger partial charge is 0.129 e. The Morgan fingerprint density at radius 1 is 1.43 bits per heavy atom. The van der Waals surface area contributed by atoms with Crippen molar-refractivity contribution in [2.24, 2.45) is 0 Å². The third-order valence-electron chi connectivity index (χ3n) is 4.07. The molecule has 21 heavy (non-hydrogen) atoms. The van der Waals surface area contributed by atoms with Gasteiger partial charge in [0.05, 0.1) is 17.8 Å². The lowest BCUT2D eigenvalue weighted by molar-refractivity contribution is 0.139. The minimum absolute atomic E-state index is 0.285. The fourth-order valence-electron chi connectivity index (χ4n) is 2.96. The number of piperidine rings is 1. The molecule has 0 aliphatic carbocycles. The Labute approximate surface area is 123 Å². The van der Waals surface area contributed by atoms with Gasteiger partial charge in [-0.15, -0.1) is 0 Å². The summed E-state index contributed by atoms with van der Waals surface area (Å²) >= 11 is 0. The zero-order chi connectivity index (χ0) is 14.7. The van der Waals surface area contributed by atoms with E-state index in [4.69, 9.17) is 5.26 Å². The summed E-state index contributed by atoms with van der Waals surface area (Å²) in [7, 11) is 0. The molecule has 1 saturated heterocycles. The average molecular weight is 284 g/mol. The van der Waals surface area contributed by atoms with Crippen LogP contribution in [0.5, 0.6) is 0 Å². The molecule has 1 aliphatic rings. The van der Waals surface area contributed by atoms with Gasteiger partial charge in [0.15, 0.2) is 0 Å². The van der Waals surface area contributed by atoms with Crippen LogP contribution in [0.15, 0.2) is 30.6 Å². The van der Waals surface area contributed by atoms with Crippen LogP contribution in [0.25, 0.3) is 0 Å². The second kappa shape index (κ2) is 6.06. The summed E-state index contributed by atoms with van der Waals surface area (Å²) < 4.78 is 14.1. The standard InChI is InChI=1S/C16H17FN4/c17-15-7-12(8-18)4-5-13(15)11-21-6-2-1-3-16(21)14-9-19-20-10-14/h4-5,7,9-10,16H,1-3,6,11H2,(H,19,20)/t16-/m0/s1. The van der Waals surface area contributed by atoms with E-state index in [1.54, 1.807) is 12.1 Å². The first-order valence-electron chi connectivity index (χ1n) is 7.19. The zero-order valence-electron chi connectivity index (χ0n) is 11.7. The van der Waals surface area contributed by atoms with Gasteiger partial charge in [-0.2, -0.15) is 10.4 Å². The summed E-state index contributed by atoms with van der Waals surface area (Å²) in [5, 5.41) is 15.7. The third-order valence-corrected chi connectivity index (χ3v) is 4.07. The van der Waals surface area contributed by atoms with Crippen molar-refractivity contribution in [1.82, 2.24) is 15.1 Å². The van der Waals surface area contributed by atoms with Crippen molar-refractivity contribution < 1.29 is 4.39 Å². The number of halogens is 1. The molecule has 108 valence electrons. The van der Waals surface area contributed by atoms with E-state index < -0.39 is 0 Å². The van der Waals surface area contributed by atoms with E-state index in [0.717, 1.165) is 24.9 Å². The summed E-state index contributed by atoms with van der Waals surface area (Å²) in [5.41, 5.74) is 2.16. The lowest BCUT2D eigenvalue weighted by Crippen LogP contribution is -2.33. The van der Waals surface area contributed by atoms with Crippen molar-refractivity contribution in [1.29, 1.82) is 5.26 Å². The minimum Gasteiger partial charge on any atom is -0.292 e. The molecular formula is C16H17FN4. The molecule has 2 heterocycles. The Bertz CT molecular complexity index is 645. The molecule has 2 aromatic rings. The van der Waals surface area contributed by atoms with Crippen LogP contribution in [0.1, 0.15) is 42.0 Å². The van der Waals surface area contributed by atoms with E-state index >= 15 is 0 Å². The van der Waals surface area contributed by atoms with Gasteiger partial charge in [0.1, 0.15) is 5.82 Å². The zero-order valence-corrected chi connectivity index (χ0v) is 11.7. The van der Waals surface area contributed by atoms with Crippen molar-refractivity contribution in [3.63, 3.8) is 0 Å². The predicted molar refractivity (Wildman–Crippen MR) is 76.7 cm³/mol. The fraction of sp³-hybridized carbons (Fsp3) is 0.375. The maximum atomic E-state index is 14.1. The van der Waals surface area contributed by atoms with E-state index in [2.05, 4.69) is 15.1 Å². The topological polar surface area (TPSA) is 55.7 Å². The Kier molecular flexibility index (Phi) is 3.98. The van der Waals surface area contributed by atoms with Gasteiger partial charge in [-0.3, -0.25) is 10.00 Å². The molecule has 0 spiro atoms. The van der Waals surface area contributed by atoms with Crippen molar-refractivity contribution >= 4 is 0 Å². The van der Waals surface area contributed by atoms with Crippen LogP contribution in [0, 0.1) is 17.1 Å². The highest BCUT2D eigenvalue weighted by Gasteiger charge is 2.25. The molecule has 0 bridgehead atoms. The van der Waals surface area contributed by atoms with Crippen LogP contribution in [0.4, 0.5) is 4.39 Å². The highest BCUT2D eigenvalue weighted by molar-refractivity contribution is 5.33. The van der Waals surface area contributed by atoms with E-state index in [9.17, 15) is 4.39 Å². The SMILES string of the molecule is N#Cc1ccc(CN2CCCC[C@H]2c2cn[nH]c2)c(F)c1. The summed E-state index contributed by atoms with van der Waals surface area (Å²) in [6, 6.07) is 6.95. The molecular weight excluding hydrogens is 267 g/mol. The van der Waals surface area contributed by atoms with Crippen molar-refractivity contribution in [2.75, 3.05) is 6.54 Å². The highest BCUT2D eigenvalue weighted by Crippen LogP contribution is 2.31. The number of rotatable bonds is 3. The number of H-pyrrole nitrogens is 1. The molecule has 4 nitrogen and oxygen atoms in total. The highest BCUT2D eigenvalue weighted by atomic mass is 19.1. The van der Waals surface area contributed by atoms with Crippen LogP contribution in [-0.4, -0.2) is 21.6 Å². The number of aromatic amines is 1. The van der Waals surface area contributed by atoms with Gasteiger partial charge in [-0.25, -0.2) is 4.39 Å². The Morgan fingerprint density at radius 2 is 2.33 bits per heavy atom. The van der Waals surface area contributed by atoms with E-state index in [1.165, 1.54) is 12.5 Å². The molecule has 0 unspecified atom stereocenters. The average Bonchev–Trinajstić information content (AvgIpc) is 3.04. The molecule has 1 atom stereocenters. The van der Waals surface area contributed by atoms with Crippen LogP contribution >= 0.6 is 0 Å². The van der Waals surface area contributed by atoms with E-state index in [0.29, 0.717) is 17.7 Å². The lowest BCUT2D eigenvalue weighted by Gasteiger charge is -2.35. The van der Waals surface area contributed by atoms with Gasteiger partial charge in [-0.05, 0) is 31.5 Å². The van der Waals surface area contributed by atoms with Gasteiger partial charge in [0.25, 0.3) is 0 Å². The van der Waals surface area contributed by atoms with Gasteiger partial charge in [0, 0.05) is 29.9 Å². The molecule has 0 radical (unpaired) electrons. The number of likely N-dealkylation sites (tertiary alicyclic amines) is 1. The number of nitrogens with zero attached hydrogens (tertiary/aromatic N) is 3. The molecule has 1 aromatic heterocycles. The normalized spacial score (nSPS) is 19.3. The van der Waals surface area contributed by atoms with Crippen LogP contribution in [-0.2, 0) is 6.54 Å². The van der Waals surface area contributed by atoms with Gasteiger partial charge >= 0.3 is 0 Å². The lowest BCUT2D eigenvalue weighted by atomic mass is 9.96. The van der Waals surface area contributed by atoms with E-state index in [-0.39, 0.29) is 11.9 Å². The van der Waals surface area contributed by atoms with Gasteiger partial charge in [0.2, 0.25) is 0 Å². The third kappa shape index (κ3) is 2.96. The second-order valence-electron chi connectivity index (χ2n) is 5.43. The molecule has 5 heteroatoms. The molecule has 1 aromatic carbocycles. The number of hydrogen-bond acceptors (Lipinski definition) is 3. The van der Waals surface area contributed by atoms with Crippen LogP contribution in [0.3, 0.4) is 0 Å². The molecule has 1 N–H and O–H groups in total. The molecule has 3 rings (SSSR count). The van der Waals surface area contributed by atoms with Gasteiger partial charge < -0.3 is 0 Å². The maximum Gasteiger partial charge on any atom is 0.129 e. The number of benzene rings is 1. The Balaban J connectivity index is 1.80. The van der Waals surface area contributed by atoms with Crippen LogP contribution < -0.4 is 0 Å². The first-order valence-corrected chi connectivity index (χ1v) is 7.19. The minimum atomic E-state index is -0.300. The maximum absolute atomic E-state index is 14.1. The fourth-order valence-corrected chi connectivity index (χ4v) is 2.96. The van der Waals surface area contributed by atoms with Crippen molar-refractivity contribution in [2.45, 2.75) is 31.8 Å². The first-order chi connectivity index (χ1) is 10.3. The molecule has 1 fully saturated rings. The largest absolute Gasteiger partial charge is 0.292 e. The second-order valence-corrected chi connectivity index (χ2v) is 5.43. The quantitative estimate of drug-likeness (QED) is 0.942. The van der Waals surface area contributed by atoms with E-state index in [1.807, 2.05) is 18.5 Å². The van der Waals surface area contributed by atoms with Crippen LogP contribution in [0.2, 0.25) is 0 Å². The number of nitrogens with one attached hydrogen (secondary N) is 1. The summed E-state index contributed by atoms with van der Waals surface area (Å²) in [5.74, 6) is -0.300. The first kappa shape index (κ1) is 13.8. The summed E-state index contributed by atoms with van der Waals surface area (Å²) in [6.07, 6.45) is 7.14. The number of aromatic nitrogens is 2.